The molecule has 0 fully saturated rings. The van der Waals surface area contributed by atoms with Crippen LogP contribution in [0.1, 0.15) is 16.7 Å². The minimum atomic E-state index is -4.94. The molecule has 0 unspecified atom stereocenters. The fraction of sp³-hybridized carbons (Fsp3) is 0.357. The number of ether oxygens (including phenoxy) is 3. The van der Waals surface area contributed by atoms with Gasteiger partial charge >= 0.3 is 19.5 Å². The Balaban J connectivity index is 0.000000802. The van der Waals surface area contributed by atoms with Crippen LogP contribution in [0.5, 0.6) is 11.5 Å². The Morgan fingerprint density at radius 1 is 0.578 bits per heavy atom. The van der Waals surface area contributed by atoms with Gasteiger partial charge in [-0.25, -0.2) is 37.3 Å². The average Bonchev–Trinajstić information content (AvgIpc) is 2.95. The standard InChI is InChI=1S/C28H35N3O3.2ClHO4.Zn/c1-2-8-23(9-3-1)20-32-26-21-33-27-12-6-4-10-24(27)18-30-16-14-29-15-17-31-19-25-11-5-7-13-28(25)34-22-26;2*2-1(3,4)5;/h1-13,26,29-31H,14-22H2;2*(H,2,3,4,5);/q;;;+2/p-2. The molecule has 3 N–H and O–H groups in total. The number of halogens is 2. The summed E-state index contributed by atoms with van der Waals surface area (Å²) in [5, 5.41) is 10.5. The Labute approximate surface area is 278 Å². The van der Waals surface area contributed by atoms with E-state index in [0.29, 0.717) is 19.8 Å². The number of nitrogens with one attached hydrogen (secondary N) is 3. The zero-order valence-electron chi connectivity index (χ0n) is 24.4. The Hall–Kier alpha value is -2.02. The van der Waals surface area contributed by atoms with E-state index in [-0.39, 0.29) is 25.6 Å². The van der Waals surface area contributed by atoms with Gasteiger partial charge in [-0.05, 0) is 17.7 Å². The van der Waals surface area contributed by atoms with Crippen molar-refractivity contribution in [2.75, 3.05) is 39.4 Å². The molecule has 0 aromatic heterocycles. The number of rotatable bonds is 3. The average molecular weight is 726 g/mol. The summed E-state index contributed by atoms with van der Waals surface area (Å²) in [6.45, 7) is 6.47. The minimum Gasteiger partial charge on any atom is -0.490 e. The largest absolute Gasteiger partial charge is 2.00 e. The van der Waals surface area contributed by atoms with Gasteiger partial charge in [-0.3, -0.25) is 0 Å². The molecule has 1 aliphatic rings. The van der Waals surface area contributed by atoms with Crippen LogP contribution in [0.15, 0.2) is 78.9 Å². The molecule has 45 heavy (non-hydrogen) atoms. The van der Waals surface area contributed by atoms with Gasteiger partial charge in [0.1, 0.15) is 30.8 Å². The number of fused-ring (bicyclic) bond motifs is 2. The molecule has 0 amide bonds. The van der Waals surface area contributed by atoms with E-state index in [1.807, 2.05) is 54.6 Å². The van der Waals surface area contributed by atoms with Crippen LogP contribution in [0.4, 0.5) is 0 Å². The summed E-state index contributed by atoms with van der Waals surface area (Å²) < 4.78 is 86.7. The van der Waals surface area contributed by atoms with Crippen molar-refractivity contribution in [1.29, 1.82) is 0 Å². The molecule has 0 saturated heterocycles. The van der Waals surface area contributed by atoms with Crippen LogP contribution in [0.2, 0.25) is 0 Å². The van der Waals surface area contributed by atoms with Crippen LogP contribution < -0.4 is 62.7 Å². The first kappa shape index (κ1) is 41.0. The number of para-hydroxylation sites is 2. The fourth-order valence-corrected chi connectivity index (χ4v) is 3.80. The van der Waals surface area contributed by atoms with Crippen LogP contribution in [-0.4, -0.2) is 45.5 Å². The van der Waals surface area contributed by atoms with E-state index in [9.17, 15) is 0 Å². The first-order valence-corrected chi connectivity index (χ1v) is 15.8. The van der Waals surface area contributed by atoms with Gasteiger partial charge in [0.15, 0.2) is 0 Å². The molecule has 0 aliphatic carbocycles. The van der Waals surface area contributed by atoms with E-state index < -0.39 is 20.5 Å². The molecule has 0 radical (unpaired) electrons. The molecular formula is C28H35Cl2N3O11Zn. The van der Waals surface area contributed by atoms with Gasteiger partial charge in [0, 0.05) is 50.4 Å². The molecule has 1 aliphatic heterocycles. The van der Waals surface area contributed by atoms with Gasteiger partial charge in [0.2, 0.25) is 0 Å². The Bertz CT molecular complexity index is 1110. The van der Waals surface area contributed by atoms with Crippen molar-refractivity contribution in [3.63, 3.8) is 0 Å². The summed E-state index contributed by atoms with van der Waals surface area (Å²) in [4.78, 5) is 0. The second-order valence-electron chi connectivity index (χ2n) is 9.12. The maximum absolute atomic E-state index is 8.49. The van der Waals surface area contributed by atoms with Crippen molar-refractivity contribution in [1.82, 2.24) is 16.0 Å². The predicted molar refractivity (Wildman–Crippen MR) is 135 cm³/mol. The van der Waals surface area contributed by atoms with Gasteiger partial charge in [-0.2, -0.15) is 0 Å². The van der Waals surface area contributed by atoms with Crippen LogP contribution in [0.3, 0.4) is 0 Å². The van der Waals surface area contributed by atoms with Crippen molar-refractivity contribution < 1.29 is 91.4 Å². The summed E-state index contributed by atoms with van der Waals surface area (Å²) >= 11 is 0. The topological polar surface area (TPSA) is 248 Å². The molecule has 0 saturated carbocycles. The van der Waals surface area contributed by atoms with E-state index in [4.69, 9.17) is 51.5 Å². The van der Waals surface area contributed by atoms with E-state index >= 15 is 0 Å². The quantitative estimate of drug-likeness (QED) is 0.213. The molecule has 3 aromatic rings. The van der Waals surface area contributed by atoms with Crippen LogP contribution in [0.25, 0.3) is 0 Å². The van der Waals surface area contributed by atoms with E-state index in [2.05, 4.69) is 40.2 Å². The van der Waals surface area contributed by atoms with E-state index in [0.717, 1.165) is 67.5 Å². The zero-order chi connectivity index (χ0) is 32.3. The summed E-state index contributed by atoms with van der Waals surface area (Å²) in [5.74, 6) is 1.75. The molecule has 4 rings (SSSR count). The second kappa shape index (κ2) is 22.5. The van der Waals surface area contributed by atoms with Crippen molar-refractivity contribution in [3.05, 3.63) is 95.6 Å². The third-order valence-corrected chi connectivity index (χ3v) is 5.71. The molecule has 3 aromatic carbocycles. The smallest absolute Gasteiger partial charge is 0.490 e. The van der Waals surface area contributed by atoms with Gasteiger partial charge in [0.25, 0.3) is 0 Å². The summed E-state index contributed by atoms with van der Waals surface area (Å²) in [6, 6.07) is 26.5. The predicted octanol–water partition coefficient (Wildman–Crippen LogP) is -6.00. The minimum absolute atomic E-state index is 0. The summed E-state index contributed by atoms with van der Waals surface area (Å²) in [6.07, 6.45) is -0.217. The molecule has 1 heterocycles. The number of hydrogen-bond donors (Lipinski definition) is 3. The Morgan fingerprint density at radius 3 is 1.40 bits per heavy atom. The molecular weight excluding hydrogens is 691 g/mol. The summed E-state index contributed by atoms with van der Waals surface area (Å²) in [7, 11) is -9.89. The maximum atomic E-state index is 8.49. The van der Waals surface area contributed by atoms with Gasteiger partial charge in [-0.1, -0.05) is 66.7 Å². The zero-order valence-corrected chi connectivity index (χ0v) is 28.9. The molecule has 0 bridgehead atoms. The number of benzene rings is 3. The molecule has 14 nitrogen and oxygen atoms in total. The SMILES string of the molecule is [O-][Cl+3]([O-])([O-])[O-].[O-][Cl+3]([O-])([O-])[O-].[Zn+2].c1ccc(COC2COc3ccccc3CNCCNCCNCc3ccccc3OC2)cc1. The molecule has 0 spiro atoms. The van der Waals surface area contributed by atoms with Crippen LogP contribution in [0, 0.1) is 20.5 Å². The van der Waals surface area contributed by atoms with Crippen LogP contribution >= 0.6 is 0 Å². The van der Waals surface area contributed by atoms with Crippen molar-refractivity contribution in [2.24, 2.45) is 0 Å². The van der Waals surface area contributed by atoms with Gasteiger partial charge in [-0.15, -0.1) is 20.5 Å². The normalized spacial score (nSPS) is 15.3. The third kappa shape index (κ3) is 22.2. The van der Waals surface area contributed by atoms with E-state index in [1.165, 1.54) is 0 Å². The number of hydrogen-bond acceptors (Lipinski definition) is 14. The Morgan fingerprint density at radius 2 is 0.956 bits per heavy atom. The van der Waals surface area contributed by atoms with Gasteiger partial charge < -0.3 is 30.2 Å². The van der Waals surface area contributed by atoms with Crippen LogP contribution in [-0.2, 0) is 43.9 Å². The van der Waals surface area contributed by atoms with Crippen molar-refractivity contribution in [3.8, 4) is 11.5 Å². The fourth-order valence-electron chi connectivity index (χ4n) is 3.80. The maximum Gasteiger partial charge on any atom is 2.00 e. The molecule has 244 valence electrons. The van der Waals surface area contributed by atoms with Gasteiger partial charge in [0.05, 0.1) is 6.61 Å². The first-order valence-electron chi connectivity index (χ1n) is 13.3. The Kier molecular flexibility index (Phi) is 20.5. The first-order chi connectivity index (χ1) is 20.9. The monoisotopic (exact) mass is 723 g/mol. The second-order valence-corrected chi connectivity index (χ2v) is 10.6. The summed E-state index contributed by atoms with van der Waals surface area (Å²) in [5.41, 5.74) is 3.40. The van der Waals surface area contributed by atoms with Crippen molar-refractivity contribution in [2.45, 2.75) is 25.8 Å². The van der Waals surface area contributed by atoms with Crippen molar-refractivity contribution >= 4 is 0 Å². The molecule has 0 atom stereocenters. The molecule has 17 heteroatoms. The van der Waals surface area contributed by atoms with E-state index in [1.54, 1.807) is 0 Å². The third-order valence-electron chi connectivity index (χ3n) is 5.71.